The van der Waals surface area contributed by atoms with Gasteiger partial charge in [-0.25, -0.2) is 9.18 Å². The van der Waals surface area contributed by atoms with E-state index < -0.39 is 23.1 Å². The average molecular weight is 568 g/mol. The average Bonchev–Trinajstić information content (AvgIpc) is 3.25. The number of ether oxygens (including phenoxy) is 2. The molecular formula is C28H40BrFN2O4. The number of aryl methyl sites for hydroxylation is 1. The zero-order valence-electron chi connectivity index (χ0n) is 22.6. The van der Waals surface area contributed by atoms with E-state index in [2.05, 4.69) is 22.5 Å². The van der Waals surface area contributed by atoms with Crippen LogP contribution < -0.4 is 5.73 Å². The standard InChI is InChI=1S/C28H40BrFN2O4/c1-9-11-17(3)24(31)21(20-15-18(4)22(29)23(30)19(20)12-10-2)28(25(33)35-8)13-14-32(16-28)26(34)36-27(5,6)7/h15H,3,9-14,16,31H2,1-2,4-8H3/b24-21-. The Hall–Kier alpha value is -2.35. The number of amides is 1. The van der Waals surface area contributed by atoms with Gasteiger partial charge in [0.05, 0.1) is 11.6 Å². The van der Waals surface area contributed by atoms with Gasteiger partial charge in [0.1, 0.15) is 16.8 Å². The molecule has 0 aromatic heterocycles. The highest BCUT2D eigenvalue weighted by molar-refractivity contribution is 9.10. The van der Waals surface area contributed by atoms with Crippen molar-refractivity contribution in [3.63, 3.8) is 0 Å². The summed E-state index contributed by atoms with van der Waals surface area (Å²) >= 11 is 3.37. The van der Waals surface area contributed by atoms with Crippen LogP contribution in [-0.2, 0) is 20.7 Å². The van der Waals surface area contributed by atoms with Crippen LogP contribution in [0.2, 0.25) is 0 Å². The van der Waals surface area contributed by atoms with Crippen molar-refractivity contribution >= 4 is 33.6 Å². The number of allylic oxidation sites excluding steroid dienone is 1. The maximum absolute atomic E-state index is 15.6. The Labute approximate surface area is 223 Å². The molecule has 1 aliphatic heterocycles. The summed E-state index contributed by atoms with van der Waals surface area (Å²) in [5, 5.41) is 0. The minimum atomic E-state index is -1.30. The van der Waals surface area contributed by atoms with Gasteiger partial charge in [0, 0.05) is 24.4 Å². The fourth-order valence-corrected chi connectivity index (χ4v) is 5.10. The normalized spacial score (nSPS) is 18.6. The second-order valence-electron chi connectivity index (χ2n) is 10.5. The number of carbonyl (C=O) groups excluding carboxylic acids is 2. The number of likely N-dealkylation sites (tertiary alicyclic amines) is 1. The van der Waals surface area contributed by atoms with Crippen LogP contribution in [0.5, 0.6) is 0 Å². The number of esters is 1. The summed E-state index contributed by atoms with van der Waals surface area (Å²) in [7, 11) is 1.31. The summed E-state index contributed by atoms with van der Waals surface area (Å²) in [5.41, 5.74) is 7.94. The molecule has 1 aromatic rings. The Morgan fingerprint density at radius 1 is 1.28 bits per heavy atom. The topological polar surface area (TPSA) is 81.9 Å². The van der Waals surface area contributed by atoms with E-state index in [4.69, 9.17) is 15.2 Å². The molecule has 1 saturated heterocycles. The van der Waals surface area contributed by atoms with E-state index in [1.807, 2.05) is 19.9 Å². The first kappa shape index (κ1) is 29.9. The van der Waals surface area contributed by atoms with Crippen molar-refractivity contribution < 1.29 is 23.5 Å². The molecule has 1 aromatic carbocycles. The summed E-state index contributed by atoms with van der Waals surface area (Å²) in [6.07, 6.45) is 2.30. The Balaban J connectivity index is 2.87. The molecule has 1 fully saturated rings. The number of rotatable bonds is 8. The molecule has 0 radical (unpaired) electrons. The fourth-order valence-electron chi connectivity index (χ4n) is 4.74. The van der Waals surface area contributed by atoms with E-state index in [9.17, 15) is 9.59 Å². The lowest BCUT2D eigenvalue weighted by atomic mass is 9.72. The molecule has 0 saturated carbocycles. The van der Waals surface area contributed by atoms with Crippen molar-refractivity contribution in [1.29, 1.82) is 0 Å². The summed E-state index contributed by atoms with van der Waals surface area (Å²) in [6, 6.07) is 1.86. The maximum Gasteiger partial charge on any atom is 0.410 e. The lowest BCUT2D eigenvalue weighted by molar-refractivity contribution is -0.148. The minimum absolute atomic E-state index is 0.00627. The van der Waals surface area contributed by atoms with Gasteiger partial charge < -0.3 is 20.1 Å². The van der Waals surface area contributed by atoms with Crippen molar-refractivity contribution in [3.8, 4) is 0 Å². The second-order valence-corrected chi connectivity index (χ2v) is 11.3. The lowest BCUT2D eigenvalue weighted by Crippen LogP contribution is -2.41. The third-order valence-corrected chi connectivity index (χ3v) is 7.41. The Bertz CT molecular complexity index is 1060. The first-order valence-corrected chi connectivity index (χ1v) is 13.3. The zero-order chi connectivity index (χ0) is 27.4. The van der Waals surface area contributed by atoms with Crippen molar-refractivity contribution in [3.05, 3.63) is 50.9 Å². The molecule has 200 valence electrons. The molecule has 8 heteroatoms. The van der Waals surface area contributed by atoms with Gasteiger partial charge in [-0.3, -0.25) is 4.79 Å². The summed E-state index contributed by atoms with van der Waals surface area (Å²) < 4.78 is 26.9. The Morgan fingerprint density at radius 2 is 1.92 bits per heavy atom. The predicted octanol–water partition coefficient (Wildman–Crippen LogP) is 6.68. The maximum atomic E-state index is 15.6. The van der Waals surface area contributed by atoms with Crippen LogP contribution in [-0.4, -0.2) is 42.8 Å². The fraction of sp³-hybridized carbons (Fsp3) is 0.571. The van der Waals surface area contributed by atoms with Gasteiger partial charge in [0.2, 0.25) is 0 Å². The summed E-state index contributed by atoms with van der Waals surface area (Å²) in [5.74, 6) is -0.903. The van der Waals surface area contributed by atoms with Crippen molar-refractivity contribution in [2.75, 3.05) is 20.2 Å². The van der Waals surface area contributed by atoms with Gasteiger partial charge in [-0.2, -0.15) is 0 Å². The van der Waals surface area contributed by atoms with E-state index >= 15 is 4.39 Å². The number of methoxy groups -OCH3 is 1. The summed E-state index contributed by atoms with van der Waals surface area (Å²) in [6.45, 7) is 15.6. The van der Waals surface area contributed by atoms with Gasteiger partial charge in [0.15, 0.2) is 0 Å². The molecular weight excluding hydrogens is 527 g/mol. The molecule has 1 heterocycles. The molecule has 1 aliphatic rings. The number of hydrogen-bond donors (Lipinski definition) is 1. The van der Waals surface area contributed by atoms with Crippen LogP contribution in [0.1, 0.15) is 77.0 Å². The number of hydrogen-bond acceptors (Lipinski definition) is 5. The van der Waals surface area contributed by atoms with Gasteiger partial charge in [0.25, 0.3) is 0 Å². The first-order chi connectivity index (χ1) is 16.7. The number of carbonyl (C=O) groups is 2. The molecule has 1 amide bonds. The number of halogens is 2. The molecule has 6 nitrogen and oxygen atoms in total. The van der Waals surface area contributed by atoms with Crippen molar-refractivity contribution in [1.82, 2.24) is 4.90 Å². The summed E-state index contributed by atoms with van der Waals surface area (Å²) in [4.78, 5) is 28.0. The van der Waals surface area contributed by atoms with E-state index in [0.29, 0.717) is 57.3 Å². The minimum Gasteiger partial charge on any atom is -0.468 e. The highest BCUT2D eigenvalue weighted by atomic mass is 79.9. The second kappa shape index (κ2) is 11.8. The SMILES string of the molecule is C=C(CCC)/C(N)=C(\c1cc(C)c(Br)c(F)c1CCC)C1(C(=O)OC)CCN(C(=O)OC(C)(C)C)C1. The van der Waals surface area contributed by atoms with E-state index in [0.717, 1.165) is 6.42 Å². The Morgan fingerprint density at radius 3 is 2.44 bits per heavy atom. The number of benzene rings is 1. The van der Waals surface area contributed by atoms with Gasteiger partial charge >= 0.3 is 12.1 Å². The van der Waals surface area contributed by atoms with E-state index in [-0.39, 0.29) is 25.3 Å². The third-order valence-electron chi connectivity index (χ3n) is 6.44. The molecule has 2 N–H and O–H groups in total. The zero-order valence-corrected chi connectivity index (χ0v) is 24.2. The van der Waals surface area contributed by atoms with E-state index in [1.54, 1.807) is 27.7 Å². The molecule has 1 atom stereocenters. The molecule has 2 rings (SSSR count). The van der Waals surface area contributed by atoms with Gasteiger partial charge in [-0.05, 0) is 85.2 Å². The molecule has 36 heavy (non-hydrogen) atoms. The first-order valence-electron chi connectivity index (χ1n) is 12.5. The van der Waals surface area contributed by atoms with Crippen LogP contribution in [0.25, 0.3) is 5.57 Å². The molecule has 0 aliphatic carbocycles. The van der Waals surface area contributed by atoms with Gasteiger partial charge in [-0.1, -0.05) is 39.3 Å². The number of nitrogens with zero attached hydrogens (tertiary/aromatic N) is 1. The van der Waals surface area contributed by atoms with Crippen LogP contribution in [0.4, 0.5) is 9.18 Å². The monoisotopic (exact) mass is 566 g/mol. The molecule has 0 bridgehead atoms. The quantitative estimate of drug-likeness (QED) is 0.280. The van der Waals surface area contributed by atoms with Crippen LogP contribution in [0, 0.1) is 18.2 Å². The third kappa shape index (κ3) is 6.13. The van der Waals surface area contributed by atoms with Crippen LogP contribution >= 0.6 is 15.9 Å². The molecule has 1 unspecified atom stereocenters. The number of nitrogens with two attached hydrogens (primary N) is 1. The smallest absolute Gasteiger partial charge is 0.410 e. The van der Waals surface area contributed by atoms with Crippen molar-refractivity contribution in [2.45, 2.75) is 79.2 Å². The highest BCUT2D eigenvalue weighted by Gasteiger charge is 2.52. The van der Waals surface area contributed by atoms with Crippen LogP contribution in [0.15, 0.2) is 28.4 Å². The predicted molar refractivity (Wildman–Crippen MR) is 145 cm³/mol. The lowest BCUT2D eigenvalue weighted by Gasteiger charge is -2.33. The van der Waals surface area contributed by atoms with Crippen LogP contribution in [0.3, 0.4) is 0 Å². The highest BCUT2D eigenvalue weighted by Crippen LogP contribution is 2.48. The molecule has 0 spiro atoms. The largest absolute Gasteiger partial charge is 0.468 e. The Kier molecular flexibility index (Phi) is 9.79. The van der Waals surface area contributed by atoms with Gasteiger partial charge in [-0.15, -0.1) is 0 Å². The van der Waals surface area contributed by atoms with Crippen molar-refractivity contribution in [2.24, 2.45) is 11.1 Å². The van der Waals surface area contributed by atoms with E-state index in [1.165, 1.54) is 12.0 Å².